The lowest BCUT2D eigenvalue weighted by Gasteiger charge is -2.33. The van der Waals surface area contributed by atoms with Crippen LogP contribution in [0.25, 0.3) is 0 Å². The predicted molar refractivity (Wildman–Crippen MR) is 114 cm³/mol. The summed E-state index contributed by atoms with van der Waals surface area (Å²) in [5.41, 5.74) is 1.99. The lowest BCUT2D eigenvalue weighted by atomic mass is 9.76. The van der Waals surface area contributed by atoms with Crippen molar-refractivity contribution in [1.82, 2.24) is 15.5 Å². The van der Waals surface area contributed by atoms with Crippen LogP contribution in [0.4, 0.5) is 4.79 Å². The number of amides is 4. The van der Waals surface area contributed by atoms with Gasteiger partial charge in [0.25, 0.3) is 5.91 Å². The normalized spacial score (nSPS) is 24.9. The molecule has 2 atom stereocenters. The quantitative estimate of drug-likeness (QED) is 0.747. The van der Waals surface area contributed by atoms with Gasteiger partial charge in [0.15, 0.2) is 0 Å². The Bertz CT molecular complexity index is 1040. The number of hydrogen-bond acceptors (Lipinski definition) is 4. The van der Waals surface area contributed by atoms with E-state index < -0.39 is 11.6 Å². The highest BCUT2D eigenvalue weighted by atomic mass is 32.2. The number of hydrogen-bond donors (Lipinski definition) is 2. The highest BCUT2D eigenvalue weighted by molar-refractivity contribution is 7.99. The number of imide groups is 1. The Kier molecular flexibility index (Phi) is 4.77. The second-order valence-electron chi connectivity index (χ2n) is 8.03. The molecule has 2 heterocycles. The van der Waals surface area contributed by atoms with Crippen LogP contribution in [-0.4, -0.2) is 35.0 Å². The van der Waals surface area contributed by atoms with Crippen LogP contribution in [0.3, 0.4) is 0 Å². The van der Waals surface area contributed by atoms with Gasteiger partial charge in [0.2, 0.25) is 5.91 Å². The van der Waals surface area contributed by atoms with Gasteiger partial charge in [-0.25, -0.2) is 4.79 Å². The molecule has 0 saturated carbocycles. The van der Waals surface area contributed by atoms with Crippen molar-refractivity contribution >= 4 is 29.6 Å². The highest BCUT2D eigenvalue weighted by Crippen LogP contribution is 2.40. The first-order valence-corrected chi connectivity index (χ1v) is 11.3. The summed E-state index contributed by atoms with van der Waals surface area (Å²) in [5, 5.41) is 5.93. The minimum absolute atomic E-state index is 0.0971. The summed E-state index contributed by atoms with van der Waals surface area (Å²) < 4.78 is 0. The zero-order valence-corrected chi connectivity index (χ0v) is 17.3. The van der Waals surface area contributed by atoms with E-state index in [9.17, 15) is 14.4 Å². The Morgan fingerprint density at radius 3 is 2.87 bits per heavy atom. The molecule has 1 spiro atoms. The van der Waals surface area contributed by atoms with Gasteiger partial charge in [-0.2, -0.15) is 0 Å². The third kappa shape index (κ3) is 3.08. The van der Waals surface area contributed by atoms with Gasteiger partial charge >= 0.3 is 6.03 Å². The fraction of sp³-hybridized carbons (Fsp3) is 0.348. The van der Waals surface area contributed by atoms with Crippen molar-refractivity contribution in [2.24, 2.45) is 0 Å². The molecule has 0 radical (unpaired) electrons. The van der Waals surface area contributed by atoms with E-state index in [4.69, 9.17) is 0 Å². The van der Waals surface area contributed by atoms with Crippen molar-refractivity contribution < 1.29 is 14.4 Å². The number of thioether (sulfide) groups is 1. The zero-order valence-electron chi connectivity index (χ0n) is 16.5. The Labute approximate surface area is 179 Å². The minimum Gasteiger partial charge on any atom is -0.348 e. The van der Waals surface area contributed by atoms with Gasteiger partial charge in [-0.15, -0.1) is 11.8 Å². The number of carbonyl (C=O) groups excluding carboxylic acids is 3. The third-order valence-corrected chi connectivity index (χ3v) is 7.37. The van der Waals surface area contributed by atoms with Gasteiger partial charge in [0, 0.05) is 10.6 Å². The van der Waals surface area contributed by atoms with E-state index in [0.717, 1.165) is 46.6 Å². The van der Waals surface area contributed by atoms with Crippen LogP contribution in [0.5, 0.6) is 0 Å². The topological polar surface area (TPSA) is 78.5 Å². The van der Waals surface area contributed by atoms with E-state index in [-0.39, 0.29) is 24.4 Å². The van der Waals surface area contributed by atoms with Gasteiger partial charge in [0.1, 0.15) is 12.1 Å². The van der Waals surface area contributed by atoms with Gasteiger partial charge in [-0.3, -0.25) is 14.5 Å². The summed E-state index contributed by atoms with van der Waals surface area (Å²) in [6.07, 6.45) is 3.09. The van der Waals surface area contributed by atoms with Crippen molar-refractivity contribution in [3.63, 3.8) is 0 Å². The van der Waals surface area contributed by atoms with E-state index in [0.29, 0.717) is 6.42 Å². The maximum atomic E-state index is 13.3. The molecule has 3 aliphatic rings. The maximum absolute atomic E-state index is 13.3. The van der Waals surface area contributed by atoms with Crippen LogP contribution >= 0.6 is 11.8 Å². The average Bonchev–Trinajstić information content (AvgIpc) is 2.99. The summed E-state index contributed by atoms with van der Waals surface area (Å²) in [4.78, 5) is 41.1. The molecular formula is C23H23N3O3S. The molecule has 154 valence electrons. The smallest absolute Gasteiger partial charge is 0.325 e. The standard InChI is InChI=1S/C23H23N3O3S/c27-20(24-18-11-13-30-19-10-4-2-8-16(18)19)14-26-21(28)23(25-22(26)29)12-5-7-15-6-1-3-9-17(15)23/h1-4,6,8-10,18H,5,7,11-14H2,(H,24,27)(H,25,29)/t18-,23+/m0/s1. The monoisotopic (exact) mass is 421 g/mol. The molecule has 4 amide bonds. The van der Waals surface area contributed by atoms with Crippen molar-refractivity contribution in [2.45, 2.75) is 42.2 Å². The van der Waals surface area contributed by atoms with Crippen molar-refractivity contribution in [3.8, 4) is 0 Å². The molecule has 5 rings (SSSR count). The first kappa shape index (κ1) is 19.2. The fourth-order valence-electron chi connectivity index (χ4n) is 4.83. The van der Waals surface area contributed by atoms with Crippen LogP contribution in [0.15, 0.2) is 53.4 Å². The summed E-state index contributed by atoms with van der Waals surface area (Å²) in [6.45, 7) is -0.263. The molecule has 2 aliphatic heterocycles. The van der Waals surface area contributed by atoms with Crippen LogP contribution in [0, 0.1) is 0 Å². The van der Waals surface area contributed by atoms with Gasteiger partial charge in [-0.05, 0) is 48.4 Å². The van der Waals surface area contributed by atoms with Crippen LogP contribution in [-0.2, 0) is 21.5 Å². The third-order valence-electron chi connectivity index (χ3n) is 6.25. The van der Waals surface area contributed by atoms with Gasteiger partial charge in [0.05, 0.1) is 6.04 Å². The minimum atomic E-state index is -1.04. The molecule has 30 heavy (non-hydrogen) atoms. The van der Waals surface area contributed by atoms with E-state index in [1.165, 1.54) is 4.90 Å². The summed E-state index contributed by atoms with van der Waals surface area (Å²) in [6, 6.07) is 15.2. The number of benzene rings is 2. The van der Waals surface area contributed by atoms with Crippen LogP contribution in [0.2, 0.25) is 0 Å². The number of nitrogens with zero attached hydrogens (tertiary/aromatic N) is 1. The number of carbonyl (C=O) groups is 3. The second-order valence-corrected chi connectivity index (χ2v) is 9.17. The highest BCUT2D eigenvalue weighted by Gasteiger charge is 2.54. The number of nitrogens with one attached hydrogen (secondary N) is 2. The SMILES string of the molecule is O=C(CN1C(=O)N[C@@]2(CCCc3ccccc32)C1=O)N[C@H]1CCSc2ccccc21. The fourth-order valence-corrected chi connectivity index (χ4v) is 5.96. The molecule has 1 fully saturated rings. The Balaban J connectivity index is 1.34. The van der Waals surface area contributed by atoms with E-state index in [2.05, 4.69) is 16.7 Å². The maximum Gasteiger partial charge on any atom is 0.325 e. The van der Waals surface area contributed by atoms with Gasteiger partial charge in [-0.1, -0.05) is 42.5 Å². The lowest BCUT2D eigenvalue weighted by Crippen LogP contribution is -2.47. The molecule has 2 aromatic rings. The van der Waals surface area contributed by atoms with E-state index in [1.54, 1.807) is 11.8 Å². The Morgan fingerprint density at radius 2 is 1.97 bits per heavy atom. The summed E-state index contributed by atoms with van der Waals surface area (Å²) in [5.74, 6) is 0.283. The molecular weight excluding hydrogens is 398 g/mol. The molecule has 1 saturated heterocycles. The molecule has 2 N–H and O–H groups in total. The van der Waals surface area contributed by atoms with Crippen molar-refractivity contribution in [2.75, 3.05) is 12.3 Å². The first-order chi connectivity index (χ1) is 14.6. The number of aryl methyl sites for hydroxylation is 1. The summed E-state index contributed by atoms with van der Waals surface area (Å²) >= 11 is 1.78. The largest absolute Gasteiger partial charge is 0.348 e. The number of urea groups is 1. The molecule has 2 aromatic carbocycles. The summed E-state index contributed by atoms with van der Waals surface area (Å²) in [7, 11) is 0. The predicted octanol–water partition coefficient (Wildman–Crippen LogP) is 3.12. The Hall–Kier alpha value is -2.80. The molecule has 0 aromatic heterocycles. The van der Waals surface area contributed by atoms with E-state index in [1.807, 2.05) is 42.5 Å². The Morgan fingerprint density at radius 1 is 1.17 bits per heavy atom. The second kappa shape index (κ2) is 7.47. The number of fused-ring (bicyclic) bond motifs is 3. The molecule has 0 unspecified atom stereocenters. The first-order valence-electron chi connectivity index (χ1n) is 10.3. The van der Waals surface area contributed by atoms with Crippen molar-refractivity contribution in [3.05, 3.63) is 65.2 Å². The lowest BCUT2D eigenvalue weighted by molar-refractivity contribution is -0.135. The number of rotatable bonds is 3. The molecule has 0 bridgehead atoms. The zero-order chi connectivity index (χ0) is 20.7. The average molecular weight is 422 g/mol. The molecule has 1 aliphatic carbocycles. The molecule has 6 nitrogen and oxygen atoms in total. The van der Waals surface area contributed by atoms with Crippen LogP contribution in [0.1, 0.15) is 42.0 Å². The van der Waals surface area contributed by atoms with Crippen molar-refractivity contribution in [1.29, 1.82) is 0 Å². The van der Waals surface area contributed by atoms with Gasteiger partial charge < -0.3 is 10.6 Å². The van der Waals surface area contributed by atoms with E-state index >= 15 is 0 Å². The molecule has 7 heteroatoms. The van der Waals surface area contributed by atoms with Crippen LogP contribution < -0.4 is 10.6 Å².